The molecule has 0 nitrogen and oxygen atoms in total. The summed E-state index contributed by atoms with van der Waals surface area (Å²) in [4.78, 5) is 0. The van der Waals surface area contributed by atoms with Gasteiger partial charge in [-0.15, -0.1) is 0 Å². The first-order valence-electron chi connectivity index (χ1n) is 1.12. The third-order valence-electron chi connectivity index (χ3n) is 0. The third-order valence-corrected chi connectivity index (χ3v) is 0. The molecule has 0 aliphatic rings. The van der Waals surface area contributed by atoms with E-state index in [1.807, 2.05) is 0 Å². The van der Waals surface area contributed by atoms with E-state index in [0.717, 1.165) is 0 Å². The third kappa shape index (κ3) is 142. The van der Waals surface area contributed by atoms with E-state index >= 15 is 0 Å². The van der Waals surface area contributed by atoms with Gasteiger partial charge in [-0.3, -0.25) is 6.58 Å². The maximum Gasteiger partial charge on any atom is 2.00 e. The van der Waals surface area contributed by atoms with E-state index in [9.17, 15) is 0 Å². The summed E-state index contributed by atoms with van der Waals surface area (Å²) in [5.41, 5.74) is 0. The molecule has 0 unspecified atom stereocenters. The van der Waals surface area contributed by atoms with Crippen LogP contribution in [0, 0.1) is 13.5 Å². The zero-order valence-corrected chi connectivity index (χ0v) is 6.33. The zero-order chi connectivity index (χ0) is 4.00. The molecular formula is C4H8W. The molecule has 0 bridgehead atoms. The molecule has 1 heteroatoms. The van der Waals surface area contributed by atoms with Crippen LogP contribution in [0.1, 0.15) is 6.92 Å². The number of hydrogen-bond acceptors (Lipinski definition) is 0. The average molecular weight is 240 g/mol. The van der Waals surface area contributed by atoms with Crippen molar-refractivity contribution in [3.05, 3.63) is 20.1 Å². The van der Waals surface area contributed by atoms with Crippen LogP contribution in [0.3, 0.4) is 0 Å². The van der Waals surface area contributed by atoms with Gasteiger partial charge >= 0.3 is 21.1 Å². The van der Waals surface area contributed by atoms with Crippen LogP contribution >= 0.6 is 0 Å². The first-order chi connectivity index (χ1) is 2.00. The van der Waals surface area contributed by atoms with E-state index in [1.165, 1.54) is 0 Å². The van der Waals surface area contributed by atoms with E-state index in [4.69, 9.17) is 0 Å². The van der Waals surface area contributed by atoms with E-state index in [-0.39, 0.29) is 21.1 Å². The second-order valence-electron chi connectivity index (χ2n) is 0. The van der Waals surface area contributed by atoms with Crippen LogP contribution in [0.2, 0.25) is 0 Å². The Kier molecular flexibility index (Phi) is 1020. The fraction of sp³-hybridized carbons (Fsp3) is 0.250. The molecule has 0 aliphatic carbocycles. The second kappa shape index (κ2) is 284. The predicted molar refractivity (Wildman–Crippen MR) is 21.0 cm³/mol. The molecule has 0 radical (unpaired) electrons. The van der Waals surface area contributed by atoms with Crippen LogP contribution in [0.5, 0.6) is 0 Å². The molecule has 5 heavy (non-hydrogen) atoms. The quantitative estimate of drug-likeness (QED) is 0.562. The maximum absolute atomic E-state index is 4.25. The van der Waals surface area contributed by atoms with Gasteiger partial charge in [-0.1, -0.05) is 0 Å². The SMILES string of the molecule is [CH-]=C.[CH2-]C.[W+2]. The molecule has 0 fully saturated rings. The normalized spacial score (nSPS) is 2.00. The van der Waals surface area contributed by atoms with Gasteiger partial charge in [0.25, 0.3) is 0 Å². The van der Waals surface area contributed by atoms with Crippen molar-refractivity contribution in [3.63, 3.8) is 0 Å². The van der Waals surface area contributed by atoms with Crippen LogP contribution in [-0.4, -0.2) is 0 Å². The Balaban J connectivity index is -0.0000000133. The van der Waals surface area contributed by atoms with Crippen molar-refractivity contribution in [3.8, 4) is 0 Å². The van der Waals surface area contributed by atoms with Crippen molar-refractivity contribution in [2.75, 3.05) is 0 Å². The first kappa shape index (κ1) is 18.1. The summed E-state index contributed by atoms with van der Waals surface area (Å²) in [7, 11) is 0. The van der Waals surface area contributed by atoms with Gasteiger partial charge in [0.05, 0.1) is 0 Å². The van der Waals surface area contributed by atoms with Gasteiger partial charge < -0.3 is 13.5 Å². The van der Waals surface area contributed by atoms with Crippen LogP contribution in [0.15, 0.2) is 6.58 Å². The van der Waals surface area contributed by atoms with Crippen molar-refractivity contribution in [2.45, 2.75) is 6.92 Å². The summed E-state index contributed by atoms with van der Waals surface area (Å²) in [5, 5.41) is 0. The summed E-state index contributed by atoms with van der Waals surface area (Å²) in [5.74, 6) is 0. The Labute approximate surface area is 48.5 Å². The maximum atomic E-state index is 4.25. The van der Waals surface area contributed by atoms with Crippen LogP contribution < -0.4 is 0 Å². The molecule has 0 N–H and O–H groups in total. The molecular weight excluding hydrogens is 232 g/mol. The summed E-state index contributed by atoms with van der Waals surface area (Å²) in [6.07, 6.45) is 0. The molecule has 0 aliphatic heterocycles. The standard InChI is InChI=1S/C2H5.C2H3.W/c2*1-2;/h1H2,2H3;1H,2H2;/q2*-1;+2. The minimum absolute atomic E-state index is 0. The largest absolute Gasteiger partial charge is 2.00 e. The smallest absolute Gasteiger partial charge is 0.521 e. The van der Waals surface area contributed by atoms with Gasteiger partial charge in [-0.2, -0.15) is 6.92 Å². The molecule has 0 aromatic carbocycles. The summed E-state index contributed by atoms with van der Waals surface area (Å²) in [6.45, 7) is 12.0. The Morgan fingerprint density at radius 1 is 1.40 bits per heavy atom. The van der Waals surface area contributed by atoms with Gasteiger partial charge in [0.15, 0.2) is 0 Å². The molecule has 0 saturated carbocycles. The molecule has 0 aromatic rings. The monoisotopic (exact) mass is 240 g/mol. The van der Waals surface area contributed by atoms with Gasteiger partial charge in [0, 0.05) is 0 Å². The first-order valence-corrected chi connectivity index (χ1v) is 1.12. The predicted octanol–water partition coefficient (Wildman–Crippen LogP) is 1.44. The van der Waals surface area contributed by atoms with E-state index < -0.39 is 0 Å². The number of rotatable bonds is 0. The molecule has 0 saturated heterocycles. The average Bonchev–Trinajstić information content (AvgIpc) is 1.50. The van der Waals surface area contributed by atoms with Gasteiger partial charge in [0.2, 0.25) is 0 Å². The van der Waals surface area contributed by atoms with Crippen molar-refractivity contribution in [1.82, 2.24) is 0 Å². The van der Waals surface area contributed by atoms with Crippen LogP contribution in [0.25, 0.3) is 0 Å². The summed E-state index contributed by atoms with van der Waals surface area (Å²) < 4.78 is 0. The Bertz CT molecular complexity index is 3.61. The minimum Gasteiger partial charge on any atom is -0.521 e. The zero-order valence-electron chi connectivity index (χ0n) is 3.40. The molecule has 30 valence electrons. The van der Waals surface area contributed by atoms with E-state index in [0.29, 0.717) is 0 Å². The van der Waals surface area contributed by atoms with Crippen LogP contribution in [-0.2, 0) is 21.1 Å². The van der Waals surface area contributed by atoms with Crippen LogP contribution in [0.4, 0.5) is 0 Å². The molecule has 0 heterocycles. The van der Waals surface area contributed by atoms with Crippen molar-refractivity contribution >= 4 is 0 Å². The minimum atomic E-state index is 0. The summed E-state index contributed by atoms with van der Waals surface area (Å²) in [6, 6.07) is 0. The van der Waals surface area contributed by atoms with Gasteiger partial charge in [0.1, 0.15) is 0 Å². The van der Waals surface area contributed by atoms with Crippen molar-refractivity contribution < 1.29 is 21.1 Å². The molecule has 0 aromatic heterocycles. The molecule has 0 amide bonds. The van der Waals surface area contributed by atoms with E-state index in [1.54, 1.807) is 6.92 Å². The summed E-state index contributed by atoms with van der Waals surface area (Å²) >= 11 is 0. The Hall–Kier alpha value is 0.428. The van der Waals surface area contributed by atoms with Gasteiger partial charge in [-0.25, -0.2) is 0 Å². The topological polar surface area (TPSA) is 0 Å². The van der Waals surface area contributed by atoms with Gasteiger partial charge in [-0.05, 0) is 0 Å². The number of hydrogen-bond donors (Lipinski definition) is 0. The van der Waals surface area contributed by atoms with Crippen molar-refractivity contribution in [1.29, 1.82) is 0 Å². The Morgan fingerprint density at radius 3 is 1.40 bits per heavy atom. The fourth-order valence-corrected chi connectivity index (χ4v) is 0. The Morgan fingerprint density at radius 2 is 1.40 bits per heavy atom. The van der Waals surface area contributed by atoms with E-state index in [2.05, 4.69) is 20.1 Å². The molecule has 0 rings (SSSR count). The second-order valence-corrected chi connectivity index (χ2v) is 0. The molecule has 0 spiro atoms. The fourth-order valence-electron chi connectivity index (χ4n) is 0. The van der Waals surface area contributed by atoms with Crippen molar-refractivity contribution in [2.24, 2.45) is 0 Å². The molecule has 0 atom stereocenters.